The molecule has 1 unspecified atom stereocenters. The summed E-state index contributed by atoms with van der Waals surface area (Å²) in [6, 6.07) is 7.40. The van der Waals surface area contributed by atoms with Gasteiger partial charge in [0.1, 0.15) is 5.67 Å². The highest BCUT2D eigenvalue weighted by atomic mass is 19.1. The molecule has 14 heavy (non-hydrogen) atoms. The normalized spacial score (nSPS) is 15.6. The summed E-state index contributed by atoms with van der Waals surface area (Å²) in [5, 5.41) is 1.01. The smallest absolute Gasteiger partial charge is 0.145 e. The fraction of sp³-hybridized carbons (Fsp3) is 0.273. The molecule has 1 aromatic heterocycles. The minimum absolute atomic E-state index is 0.00291. The molecule has 0 bridgehead atoms. The van der Waals surface area contributed by atoms with Gasteiger partial charge in [0.25, 0.3) is 0 Å². The van der Waals surface area contributed by atoms with Gasteiger partial charge in [0.2, 0.25) is 0 Å². The summed E-state index contributed by atoms with van der Waals surface area (Å²) in [6.07, 6.45) is 1.84. The molecule has 2 nitrogen and oxygen atoms in total. The number of fused-ring (bicyclic) bond motifs is 1. The van der Waals surface area contributed by atoms with Crippen molar-refractivity contribution in [3.05, 3.63) is 36.0 Å². The second-order valence-electron chi connectivity index (χ2n) is 3.68. The number of nitrogens with one attached hydrogen (secondary N) is 1. The maximum Gasteiger partial charge on any atom is 0.145 e. The van der Waals surface area contributed by atoms with Gasteiger partial charge in [-0.05, 0) is 36.1 Å². The van der Waals surface area contributed by atoms with Crippen molar-refractivity contribution in [3.8, 4) is 0 Å². The number of H-pyrrole nitrogens is 1. The molecule has 0 spiro atoms. The van der Waals surface area contributed by atoms with Crippen LogP contribution in [0.5, 0.6) is 0 Å². The summed E-state index contributed by atoms with van der Waals surface area (Å²) >= 11 is 0. The maximum absolute atomic E-state index is 13.9. The molecular formula is C11H13FN2. The second kappa shape index (κ2) is 3.10. The van der Waals surface area contributed by atoms with E-state index in [4.69, 9.17) is 5.73 Å². The number of halogens is 1. The van der Waals surface area contributed by atoms with Gasteiger partial charge in [-0.25, -0.2) is 4.39 Å². The van der Waals surface area contributed by atoms with Crippen LogP contribution in [0.2, 0.25) is 0 Å². The molecule has 0 saturated carbocycles. The lowest BCUT2D eigenvalue weighted by Gasteiger charge is -2.18. The van der Waals surface area contributed by atoms with E-state index in [0.717, 1.165) is 10.9 Å². The SMILES string of the molecule is CC(F)(CN)c1ccc2[nH]ccc2c1. The van der Waals surface area contributed by atoms with Crippen LogP contribution >= 0.6 is 0 Å². The first-order valence-electron chi connectivity index (χ1n) is 4.60. The molecule has 1 aromatic carbocycles. The summed E-state index contributed by atoms with van der Waals surface area (Å²) in [7, 11) is 0. The minimum Gasteiger partial charge on any atom is -0.361 e. The summed E-state index contributed by atoms with van der Waals surface area (Å²) in [4.78, 5) is 3.06. The highest BCUT2D eigenvalue weighted by Gasteiger charge is 2.23. The number of hydrogen-bond acceptors (Lipinski definition) is 1. The molecule has 1 atom stereocenters. The molecule has 0 aliphatic heterocycles. The van der Waals surface area contributed by atoms with Gasteiger partial charge in [-0.1, -0.05) is 6.07 Å². The Bertz CT molecular complexity index is 445. The standard InChI is InChI=1S/C11H13FN2/c1-11(12,7-13)9-2-3-10-8(6-9)4-5-14-10/h2-6,14H,7,13H2,1H3. The average Bonchev–Trinajstić information content (AvgIpc) is 2.64. The molecule has 0 saturated heterocycles. The fourth-order valence-corrected chi connectivity index (χ4v) is 1.50. The predicted molar refractivity (Wildman–Crippen MR) is 55.8 cm³/mol. The van der Waals surface area contributed by atoms with Crippen LogP contribution in [0.1, 0.15) is 12.5 Å². The van der Waals surface area contributed by atoms with Crippen LogP contribution in [-0.4, -0.2) is 11.5 Å². The third-order valence-corrected chi connectivity index (χ3v) is 2.54. The van der Waals surface area contributed by atoms with Crippen LogP contribution in [0.25, 0.3) is 10.9 Å². The summed E-state index contributed by atoms with van der Waals surface area (Å²) in [6.45, 7) is 1.50. The van der Waals surface area contributed by atoms with Crippen molar-refractivity contribution in [1.82, 2.24) is 4.98 Å². The molecule has 3 heteroatoms. The first-order valence-corrected chi connectivity index (χ1v) is 4.60. The van der Waals surface area contributed by atoms with E-state index < -0.39 is 5.67 Å². The molecule has 0 aliphatic rings. The number of aromatic amines is 1. The molecule has 2 rings (SSSR count). The quantitative estimate of drug-likeness (QED) is 0.753. The first-order chi connectivity index (χ1) is 6.63. The van der Waals surface area contributed by atoms with E-state index >= 15 is 0 Å². The Labute approximate surface area is 81.9 Å². The van der Waals surface area contributed by atoms with Gasteiger partial charge in [-0.2, -0.15) is 0 Å². The molecule has 3 N–H and O–H groups in total. The van der Waals surface area contributed by atoms with Crippen molar-refractivity contribution in [2.24, 2.45) is 5.73 Å². The van der Waals surface area contributed by atoms with E-state index in [1.54, 1.807) is 6.07 Å². The summed E-state index contributed by atoms with van der Waals surface area (Å²) < 4.78 is 13.9. The topological polar surface area (TPSA) is 41.8 Å². The van der Waals surface area contributed by atoms with Crippen LogP contribution in [-0.2, 0) is 5.67 Å². The van der Waals surface area contributed by atoms with Crippen LogP contribution < -0.4 is 5.73 Å². The van der Waals surface area contributed by atoms with Crippen LogP contribution in [0, 0.1) is 0 Å². The molecule has 0 fully saturated rings. The van der Waals surface area contributed by atoms with Gasteiger partial charge in [0.05, 0.1) is 0 Å². The minimum atomic E-state index is -1.44. The lowest BCUT2D eigenvalue weighted by molar-refractivity contribution is 0.203. The van der Waals surface area contributed by atoms with Gasteiger partial charge in [-0.3, -0.25) is 0 Å². The molecule has 1 heterocycles. The van der Waals surface area contributed by atoms with Crippen LogP contribution in [0.4, 0.5) is 4.39 Å². The molecular weight excluding hydrogens is 179 g/mol. The number of nitrogens with two attached hydrogens (primary N) is 1. The van der Waals surface area contributed by atoms with Crippen molar-refractivity contribution < 1.29 is 4.39 Å². The highest BCUT2D eigenvalue weighted by Crippen LogP contribution is 2.26. The van der Waals surface area contributed by atoms with Crippen molar-refractivity contribution >= 4 is 10.9 Å². The summed E-state index contributed by atoms with van der Waals surface area (Å²) in [5.41, 5.74) is 5.58. The van der Waals surface area contributed by atoms with Crippen molar-refractivity contribution in [2.75, 3.05) is 6.54 Å². The Kier molecular flexibility index (Phi) is 2.04. The Morgan fingerprint density at radius 2 is 2.21 bits per heavy atom. The Hall–Kier alpha value is -1.35. The number of benzene rings is 1. The number of alkyl halides is 1. The van der Waals surface area contributed by atoms with Crippen LogP contribution in [0.15, 0.2) is 30.5 Å². The first kappa shape index (κ1) is 9.21. The lowest BCUT2D eigenvalue weighted by atomic mass is 9.97. The average molecular weight is 192 g/mol. The zero-order chi connectivity index (χ0) is 10.2. The van der Waals surface area contributed by atoms with Crippen molar-refractivity contribution in [2.45, 2.75) is 12.6 Å². The lowest BCUT2D eigenvalue weighted by Crippen LogP contribution is -2.26. The van der Waals surface area contributed by atoms with Gasteiger partial charge in [0.15, 0.2) is 0 Å². The van der Waals surface area contributed by atoms with Crippen molar-refractivity contribution in [1.29, 1.82) is 0 Å². The predicted octanol–water partition coefficient (Wildman–Crippen LogP) is 2.31. The fourth-order valence-electron chi connectivity index (χ4n) is 1.50. The molecule has 2 aromatic rings. The zero-order valence-corrected chi connectivity index (χ0v) is 8.05. The second-order valence-corrected chi connectivity index (χ2v) is 3.68. The van der Waals surface area contributed by atoms with E-state index in [1.165, 1.54) is 6.92 Å². The van der Waals surface area contributed by atoms with E-state index in [1.807, 2.05) is 24.4 Å². The Morgan fingerprint density at radius 1 is 1.43 bits per heavy atom. The van der Waals surface area contributed by atoms with Crippen molar-refractivity contribution in [3.63, 3.8) is 0 Å². The molecule has 0 aliphatic carbocycles. The third kappa shape index (κ3) is 1.40. The molecule has 74 valence electrons. The van der Waals surface area contributed by atoms with Gasteiger partial charge in [-0.15, -0.1) is 0 Å². The Balaban J connectivity index is 2.53. The Morgan fingerprint density at radius 3 is 2.93 bits per heavy atom. The van der Waals surface area contributed by atoms with E-state index in [2.05, 4.69) is 4.98 Å². The third-order valence-electron chi connectivity index (χ3n) is 2.54. The number of hydrogen-bond donors (Lipinski definition) is 2. The van der Waals surface area contributed by atoms with Gasteiger partial charge in [0, 0.05) is 18.3 Å². The number of rotatable bonds is 2. The van der Waals surface area contributed by atoms with E-state index in [0.29, 0.717) is 5.56 Å². The number of aromatic nitrogens is 1. The van der Waals surface area contributed by atoms with Gasteiger partial charge < -0.3 is 10.7 Å². The van der Waals surface area contributed by atoms with Gasteiger partial charge >= 0.3 is 0 Å². The van der Waals surface area contributed by atoms with Crippen LogP contribution in [0.3, 0.4) is 0 Å². The summed E-state index contributed by atoms with van der Waals surface area (Å²) in [5.74, 6) is 0. The molecule has 0 amide bonds. The molecule has 0 radical (unpaired) electrons. The monoisotopic (exact) mass is 192 g/mol. The van der Waals surface area contributed by atoms with E-state index in [9.17, 15) is 4.39 Å². The maximum atomic E-state index is 13.9. The van der Waals surface area contributed by atoms with E-state index in [-0.39, 0.29) is 6.54 Å². The largest absolute Gasteiger partial charge is 0.361 e. The highest BCUT2D eigenvalue weighted by molar-refractivity contribution is 5.80. The zero-order valence-electron chi connectivity index (χ0n) is 8.05.